The Hall–Kier alpha value is -0.450. The molecule has 2 rings (SSSR count). The summed E-state index contributed by atoms with van der Waals surface area (Å²) in [7, 11) is 0. The lowest BCUT2D eigenvalue weighted by molar-refractivity contribution is 0.0274. The van der Waals surface area contributed by atoms with Crippen LogP contribution in [0.5, 0.6) is 0 Å². The minimum Gasteiger partial charge on any atom is -0.368 e. The van der Waals surface area contributed by atoms with Crippen molar-refractivity contribution in [3.05, 3.63) is 15.6 Å². The van der Waals surface area contributed by atoms with Crippen molar-refractivity contribution < 1.29 is 4.74 Å². The number of hydrogen-bond acceptors (Lipinski definition) is 4. The standard InChI is InChI=1S/C11H18N2OS/c1-7(2)10-8(3)15-11(13-10)9-6-12-4-5-14-9/h7,9,12H,4-6H2,1-3H3. The van der Waals surface area contributed by atoms with Crippen LogP contribution < -0.4 is 5.32 Å². The summed E-state index contributed by atoms with van der Waals surface area (Å²) in [5.41, 5.74) is 1.23. The van der Waals surface area contributed by atoms with E-state index in [9.17, 15) is 0 Å². The van der Waals surface area contributed by atoms with Crippen LogP contribution in [0.1, 0.15) is 41.4 Å². The van der Waals surface area contributed by atoms with Crippen molar-refractivity contribution in [1.82, 2.24) is 10.3 Å². The summed E-state index contributed by atoms with van der Waals surface area (Å²) in [4.78, 5) is 6.01. The molecule has 1 fully saturated rings. The molecule has 1 aromatic heterocycles. The molecule has 1 unspecified atom stereocenters. The summed E-state index contributed by atoms with van der Waals surface area (Å²) >= 11 is 1.77. The lowest BCUT2D eigenvalue weighted by Crippen LogP contribution is -2.33. The van der Waals surface area contributed by atoms with Crippen LogP contribution in [-0.4, -0.2) is 24.7 Å². The van der Waals surface area contributed by atoms with E-state index in [-0.39, 0.29) is 6.10 Å². The third-order valence-electron chi connectivity index (χ3n) is 2.60. The average molecular weight is 226 g/mol. The predicted octanol–water partition coefficient (Wildman–Crippen LogP) is 2.24. The summed E-state index contributed by atoms with van der Waals surface area (Å²) in [5.74, 6) is 0.506. The van der Waals surface area contributed by atoms with Gasteiger partial charge in [0, 0.05) is 18.0 Å². The van der Waals surface area contributed by atoms with Crippen LogP contribution in [0.2, 0.25) is 0 Å². The quantitative estimate of drug-likeness (QED) is 0.839. The minimum absolute atomic E-state index is 0.162. The van der Waals surface area contributed by atoms with E-state index in [1.807, 2.05) is 0 Å². The van der Waals surface area contributed by atoms with Gasteiger partial charge in [-0.15, -0.1) is 11.3 Å². The molecule has 0 bridgehead atoms. The van der Waals surface area contributed by atoms with Crippen molar-refractivity contribution in [3.63, 3.8) is 0 Å². The fourth-order valence-electron chi connectivity index (χ4n) is 1.83. The van der Waals surface area contributed by atoms with Crippen LogP contribution >= 0.6 is 11.3 Å². The highest BCUT2D eigenvalue weighted by molar-refractivity contribution is 7.11. The monoisotopic (exact) mass is 226 g/mol. The number of ether oxygens (including phenoxy) is 1. The maximum atomic E-state index is 5.70. The second-order valence-corrected chi connectivity index (χ2v) is 5.45. The van der Waals surface area contributed by atoms with Crippen LogP contribution in [0, 0.1) is 6.92 Å². The number of rotatable bonds is 2. The molecule has 4 heteroatoms. The first-order chi connectivity index (χ1) is 7.18. The summed E-state index contributed by atoms with van der Waals surface area (Å²) < 4.78 is 5.70. The normalized spacial score (nSPS) is 22.3. The largest absolute Gasteiger partial charge is 0.368 e. The van der Waals surface area contributed by atoms with Crippen molar-refractivity contribution in [2.45, 2.75) is 32.8 Å². The fourth-order valence-corrected chi connectivity index (χ4v) is 2.95. The highest BCUT2D eigenvalue weighted by atomic mass is 32.1. The fraction of sp³-hybridized carbons (Fsp3) is 0.727. The van der Waals surface area contributed by atoms with E-state index in [1.54, 1.807) is 11.3 Å². The van der Waals surface area contributed by atoms with Crippen molar-refractivity contribution in [2.24, 2.45) is 0 Å². The third kappa shape index (κ3) is 2.38. The van der Waals surface area contributed by atoms with Crippen LogP contribution in [-0.2, 0) is 4.74 Å². The number of aryl methyl sites for hydroxylation is 1. The van der Waals surface area contributed by atoms with Gasteiger partial charge in [0.15, 0.2) is 0 Å². The number of nitrogens with zero attached hydrogens (tertiary/aromatic N) is 1. The van der Waals surface area contributed by atoms with E-state index in [0.29, 0.717) is 5.92 Å². The zero-order valence-electron chi connectivity index (χ0n) is 9.54. The van der Waals surface area contributed by atoms with Crippen LogP contribution in [0.25, 0.3) is 0 Å². The first kappa shape index (κ1) is 11.0. The maximum absolute atomic E-state index is 5.70. The lowest BCUT2D eigenvalue weighted by atomic mass is 10.1. The smallest absolute Gasteiger partial charge is 0.123 e. The first-order valence-corrected chi connectivity index (χ1v) is 6.29. The van der Waals surface area contributed by atoms with E-state index < -0.39 is 0 Å². The lowest BCUT2D eigenvalue weighted by Gasteiger charge is -2.21. The molecule has 1 atom stereocenters. The van der Waals surface area contributed by atoms with Gasteiger partial charge in [-0.1, -0.05) is 13.8 Å². The molecular weight excluding hydrogens is 208 g/mol. The molecule has 0 radical (unpaired) electrons. The molecule has 1 aliphatic rings. The zero-order valence-corrected chi connectivity index (χ0v) is 10.4. The second-order valence-electron chi connectivity index (χ2n) is 4.21. The van der Waals surface area contributed by atoms with Crippen LogP contribution in [0.4, 0.5) is 0 Å². The SMILES string of the molecule is Cc1sc(C2CNCCO2)nc1C(C)C. The molecule has 0 aromatic carbocycles. The molecule has 3 nitrogen and oxygen atoms in total. The molecule has 1 N–H and O–H groups in total. The second kappa shape index (κ2) is 4.60. The zero-order chi connectivity index (χ0) is 10.8. The van der Waals surface area contributed by atoms with E-state index in [0.717, 1.165) is 24.7 Å². The van der Waals surface area contributed by atoms with E-state index in [2.05, 4.69) is 31.1 Å². The van der Waals surface area contributed by atoms with Gasteiger partial charge in [-0.05, 0) is 12.8 Å². The summed E-state index contributed by atoms with van der Waals surface area (Å²) in [5, 5.41) is 4.46. The number of hydrogen-bond donors (Lipinski definition) is 1. The van der Waals surface area contributed by atoms with Crippen LogP contribution in [0.3, 0.4) is 0 Å². The number of nitrogens with one attached hydrogen (secondary N) is 1. The molecular formula is C11H18N2OS. The molecule has 0 aliphatic carbocycles. The van der Waals surface area contributed by atoms with Crippen molar-refractivity contribution in [1.29, 1.82) is 0 Å². The first-order valence-electron chi connectivity index (χ1n) is 5.48. The molecule has 0 amide bonds. The Morgan fingerprint density at radius 2 is 2.33 bits per heavy atom. The molecule has 0 saturated carbocycles. The Morgan fingerprint density at radius 1 is 1.53 bits per heavy atom. The Morgan fingerprint density at radius 3 is 2.87 bits per heavy atom. The Balaban J connectivity index is 2.17. The Labute approximate surface area is 94.9 Å². The van der Waals surface area contributed by atoms with Crippen molar-refractivity contribution in [3.8, 4) is 0 Å². The van der Waals surface area contributed by atoms with Crippen molar-refractivity contribution >= 4 is 11.3 Å². The van der Waals surface area contributed by atoms with Gasteiger partial charge in [0.05, 0.1) is 12.3 Å². The third-order valence-corrected chi connectivity index (χ3v) is 3.68. The Kier molecular flexibility index (Phi) is 3.38. The summed E-state index contributed by atoms with van der Waals surface area (Å²) in [6.07, 6.45) is 0.162. The topological polar surface area (TPSA) is 34.1 Å². The molecule has 1 aliphatic heterocycles. The highest BCUT2D eigenvalue weighted by Crippen LogP contribution is 2.29. The summed E-state index contributed by atoms with van der Waals surface area (Å²) in [6.45, 7) is 9.16. The highest BCUT2D eigenvalue weighted by Gasteiger charge is 2.21. The van der Waals surface area contributed by atoms with E-state index in [1.165, 1.54) is 10.6 Å². The van der Waals surface area contributed by atoms with Gasteiger partial charge >= 0.3 is 0 Å². The van der Waals surface area contributed by atoms with E-state index in [4.69, 9.17) is 4.74 Å². The van der Waals surface area contributed by atoms with Gasteiger partial charge in [-0.25, -0.2) is 4.98 Å². The van der Waals surface area contributed by atoms with Gasteiger partial charge in [0.1, 0.15) is 11.1 Å². The van der Waals surface area contributed by atoms with Gasteiger partial charge in [-0.2, -0.15) is 0 Å². The van der Waals surface area contributed by atoms with E-state index >= 15 is 0 Å². The van der Waals surface area contributed by atoms with Gasteiger partial charge in [-0.3, -0.25) is 0 Å². The molecule has 0 spiro atoms. The maximum Gasteiger partial charge on any atom is 0.123 e. The predicted molar refractivity (Wildman–Crippen MR) is 62.5 cm³/mol. The van der Waals surface area contributed by atoms with Gasteiger partial charge in [0.2, 0.25) is 0 Å². The number of thiazole rings is 1. The van der Waals surface area contributed by atoms with Crippen LogP contribution in [0.15, 0.2) is 0 Å². The molecule has 84 valence electrons. The van der Waals surface area contributed by atoms with Gasteiger partial charge in [0.25, 0.3) is 0 Å². The van der Waals surface area contributed by atoms with Crippen molar-refractivity contribution in [2.75, 3.05) is 19.7 Å². The minimum atomic E-state index is 0.162. The number of aromatic nitrogens is 1. The van der Waals surface area contributed by atoms with Gasteiger partial charge < -0.3 is 10.1 Å². The molecule has 2 heterocycles. The Bertz CT molecular complexity index is 329. The molecule has 1 saturated heterocycles. The molecule has 1 aromatic rings. The number of morpholine rings is 1. The average Bonchev–Trinajstić information content (AvgIpc) is 2.62. The molecule has 15 heavy (non-hydrogen) atoms. The summed E-state index contributed by atoms with van der Waals surface area (Å²) in [6, 6.07) is 0.